The minimum Gasteiger partial charge on any atom is -0.504 e. The molecule has 26 nitrogen and oxygen atoms in total. The van der Waals surface area contributed by atoms with Gasteiger partial charge in [-0.05, 0) is 277 Å². The highest BCUT2D eigenvalue weighted by Gasteiger charge is 2.38. The van der Waals surface area contributed by atoms with Gasteiger partial charge in [0.2, 0.25) is 46.8 Å². The van der Waals surface area contributed by atoms with Gasteiger partial charge in [-0.3, -0.25) is 19.2 Å². The Kier molecular flexibility index (Phi) is 31.2. The van der Waals surface area contributed by atoms with Gasteiger partial charge in [-0.25, -0.2) is 33.1 Å². The lowest BCUT2D eigenvalue weighted by Crippen LogP contribution is -2.22. The first-order valence-electron chi connectivity index (χ1n) is 41.8. The molecule has 0 saturated carbocycles. The molecule has 0 radical (unpaired) electrons. The third kappa shape index (κ3) is 25.1. The molecule has 4 amide bonds. The normalized spacial score (nSPS) is 14.2. The van der Waals surface area contributed by atoms with Crippen molar-refractivity contribution in [2.75, 3.05) is 28.4 Å². The number of nitrogens with zero attached hydrogens (tertiary/aromatic N) is 4. The zero-order valence-electron chi connectivity index (χ0n) is 74.9. The van der Waals surface area contributed by atoms with Crippen molar-refractivity contribution in [2.24, 2.45) is 0 Å². The summed E-state index contributed by atoms with van der Waals surface area (Å²) < 4.78 is 205. The van der Waals surface area contributed by atoms with E-state index in [1.807, 2.05) is 25.3 Å². The largest absolute Gasteiger partial charge is 0.573 e. The van der Waals surface area contributed by atoms with Crippen molar-refractivity contribution in [1.29, 1.82) is 0 Å². The van der Waals surface area contributed by atoms with Gasteiger partial charge in [-0.1, -0.05) is 48.0 Å². The van der Waals surface area contributed by atoms with Crippen molar-refractivity contribution in [3.8, 4) is 63.2 Å². The number of ether oxygens (including phenoxy) is 7. The SMILES string of the molecule is CC1=C(CC(=O)NCc2cocn2)c2cc(F)ccc2/C1=C\c1ccc(O)c(OC(F)(F)F)c1.COc1cc(/C=C2/C(C)=C(CC(=O)NCc3cnco3)c3cc(F)ccc32)cc(OC(F)(F)F)c1O.COc1cc(/C=C2/C(C)=C(CC(=O)NCc3cscn3)c3cc(C)ccc32)cc(OC)c1O.COc1cc(/C=C2/C(C)=C(CC(=O)NCc3ncco3)c3cc(F)ccc32)cc(OC(F)(F)F)c1O. The minimum absolute atomic E-state index is 0.0330. The van der Waals surface area contributed by atoms with Gasteiger partial charge in [0.25, 0.3) is 0 Å². The van der Waals surface area contributed by atoms with Crippen LogP contribution in [0, 0.1) is 24.4 Å². The Morgan fingerprint density at radius 1 is 0.403 bits per heavy atom. The number of alkyl halides is 9. The van der Waals surface area contributed by atoms with E-state index in [1.165, 1.54) is 144 Å². The van der Waals surface area contributed by atoms with Crippen LogP contribution >= 0.6 is 11.3 Å². The molecule has 16 rings (SSSR count). The summed E-state index contributed by atoms with van der Waals surface area (Å²) in [5.41, 5.74) is 19.8. The number of hydrogen-bond donors (Lipinski definition) is 8. The molecular weight excluding hydrogens is 1860 g/mol. The van der Waals surface area contributed by atoms with Gasteiger partial charge >= 0.3 is 19.1 Å². The summed E-state index contributed by atoms with van der Waals surface area (Å²) in [5, 5.41) is 53.1. The van der Waals surface area contributed by atoms with Crippen LogP contribution in [0.5, 0.6) is 63.2 Å². The summed E-state index contributed by atoms with van der Waals surface area (Å²) in [6.07, 6.45) is -0.0397. The van der Waals surface area contributed by atoms with Crippen molar-refractivity contribution >= 4 is 104 Å². The second-order valence-electron chi connectivity index (χ2n) is 31.2. The number of aromatic nitrogens is 4. The maximum atomic E-state index is 14.1. The number of aryl methyl sites for hydroxylation is 1. The molecule has 4 aliphatic rings. The maximum Gasteiger partial charge on any atom is 0.573 e. The van der Waals surface area contributed by atoms with Crippen molar-refractivity contribution < 1.29 is 139 Å². The predicted octanol–water partition coefficient (Wildman–Crippen LogP) is 21.6. The Hall–Kier alpha value is -16.2. The molecule has 4 heterocycles. The number of fused-ring (bicyclic) bond motifs is 4. The van der Waals surface area contributed by atoms with E-state index in [0.717, 1.165) is 68.9 Å². The number of hydrogen-bond acceptors (Lipinski definition) is 23. The Labute approximate surface area is 788 Å². The van der Waals surface area contributed by atoms with E-state index >= 15 is 0 Å². The number of rotatable bonds is 27. The molecule has 139 heavy (non-hydrogen) atoms. The Morgan fingerprint density at radius 3 is 1.15 bits per heavy atom. The van der Waals surface area contributed by atoms with E-state index in [2.05, 4.69) is 73.6 Å². The van der Waals surface area contributed by atoms with Crippen molar-refractivity contribution in [1.82, 2.24) is 41.2 Å². The number of benzene rings is 8. The van der Waals surface area contributed by atoms with Crippen LogP contribution in [-0.2, 0) is 45.4 Å². The van der Waals surface area contributed by atoms with Crippen LogP contribution in [0.3, 0.4) is 0 Å². The van der Waals surface area contributed by atoms with E-state index in [1.54, 1.807) is 62.7 Å². The summed E-state index contributed by atoms with van der Waals surface area (Å²) in [5.74, 6) is -6.26. The predicted molar refractivity (Wildman–Crippen MR) is 488 cm³/mol. The lowest BCUT2D eigenvalue weighted by atomic mass is 9.98. The Balaban J connectivity index is 0.000000156. The number of carbonyl (C=O) groups is 4. The second-order valence-corrected chi connectivity index (χ2v) is 31.9. The molecule has 722 valence electrons. The van der Waals surface area contributed by atoms with Gasteiger partial charge in [0, 0.05) is 5.38 Å². The van der Waals surface area contributed by atoms with Crippen LogP contribution in [0.4, 0.5) is 52.7 Å². The average Bonchev–Trinajstić information content (AvgIpc) is 1.65. The number of allylic oxidation sites excluding steroid dienone is 8. The number of amides is 4. The third-order valence-electron chi connectivity index (χ3n) is 22.1. The number of phenols is 4. The first-order valence-corrected chi connectivity index (χ1v) is 42.7. The van der Waals surface area contributed by atoms with Crippen LogP contribution in [0.2, 0.25) is 0 Å². The molecule has 0 atom stereocenters. The van der Waals surface area contributed by atoms with E-state index in [0.29, 0.717) is 124 Å². The highest BCUT2D eigenvalue weighted by Crippen LogP contribution is 2.52. The summed E-state index contributed by atoms with van der Waals surface area (Å²) in [6.45, 7) is 10.1. The lowest BCUT2D eigenvalue weighted by molar-refractivity contribution is -0.276. The molecule has 0 saturated heterocycles. The Bertz CT molecular complexity index is 6680. The summed E-state index contributed by atoms with van der Waals surface area (Å²) >= 11 is 1.51. The van der Waals surface area contributed by atoms with Gasteiger partial charge in [0.1, 0.15) is 35.7 Å². The van der Waals surface area contributed by atoms with E-state index < -0.39 is 71.0 Å². The summed E-state index contributed by atoms with van der Waals surface area (Å²) in [4.78, 5) is 66.4. The number of methoxy groups -OCH3 is 4. The molecule has 8 aromatic carbocycles. The van der Waals surface area contributed by atoms with Crippen LogP contribution in [0.25, 0.3) is 68.9 Å². The zero-order chi connectivity index (χ0) is 100. The fourth-order valence-electron chi connectivity index (χ4n) is 15.6. The number of thiazole rings is 1. The minimum atomic E-state index is -5.03. The lowest BCUT2D eigenvalue weighted by Gasteiger charge is -2.14. The van der Waals surface area contributed by atoms with Gasteiger partial charge in [-0.2, -0.15) is 0 Å². The number of phenolic OH excluding ortho intramolecular Hbond substituents is 4. The number of carbonyl (C=O) groups excluding carboxylic acids is 4. The van der Waals surface area contributed by atoms with Crippen molar-refractivity contribution in [3.63, 3.8) is 0 Å². The standard InChI is InChI=1S/C26H26N2O4S.2C25H20F4N2O5.C24H18F4N2O4/c1-15-5-6-19-20(8-17-9-23(31-3)26(30)24(10-17)32-4)16(2)21(22(19)7-15)11-25(29)27-12-18-13-33-14-28-18;1-13-18(5-14-6-21(34-2)24(33)22(7-14)36-25(27,28)29)17-4-3-15(26)8-20(17)19(13)9-23(32)31-11-16-10-30-12-35-16;1-13-17(7-14-8-20(34-2)24(33)21(9-14)36-25(27,28)29)16-4-3-15(26)10-19(16)18(13)11-22(32)31-12-23-30-5-6-35-23;1-13-18(6-14-2-5-21(31)22(7-14)34-24(26,27)28)17-4-3-15(25)8-20(17)19(13)9-23(32)29-10-16-11-33-12-30-16/h5-10,13-14,30H,11-12H2,1-4H3,(H,27,29);3-8,10,12,33H,9,11H2,1-2H3,(H,31,32);3-10,33H,11-12H2,1-2H3,(H,31,32);2-8,11-12,31H,9-10H2,1H3,(H,29,32)/b20-8-;18-5-;17-7-;18-6-. The number of oxazole rings is 3. The van der Waals surface area contributed by atoms with Crippen LogP contribution in [0.1, 0.15) is 149 Å². The van der Waals surface area contributed by atoms with Gasteiger partial charge in [0.15, 0.2) is 58.8 Å². The van der Waals surface area contributed by atoms with Gasteiger partial charge in [0.05, 0.1) is 110 Å². The molecule has 39 heteroatoms. The fourth-order valence-corrected chi connectivity index (χ4v) is 16.2. The monoisotopic (exact) mass is 1940 g/mol. The molecule has 0 spiro atoms. The zero-order valence-corrected chi connectivity index (χ0v) is 75.8. The summed E-state index contributed by atoms with van der Waals surface area (Å²) in [6, 6.07) is 30.4. The molecule has 0 unspecified atom stereocenters. The number of halogens is 12. The average molecular weight is 1950 g/mol. The van der Waals surface area contributed by atoms with Crippen LogP contribution < -0.4 is 54.4 Å². The van der Waals surface area contributed by atoms with Crippen LogP contribution in [0.15, 0.2) is 212 Å². The van der Waals surface area contributed by atoms with Gasteiger partial charge in [-0.15, -0.1) is 50.9 Å². The molecular formula is C100H84F12N8O18S. The smallest absolute Gasteiger partial charge is 0.504 e. The molecule has 4 aliphatic carbocycles. The topological polar surface area (TPSA) is 353 Å². The molecule has 0 bridgehead atoms. The molecule has 12 aromatic rings. The van der Waals surface area contributed by atoms with Gasteiger partial charge < -0.3 is 88.1 Å². The van der Waals surface area contributed by atoms with Crippen molar-refractivity contribution in [2.45, 2.75) is 106 Å². The maximum absolute atomic E-state index is 14.1. The highest BCUT2D eigenvalue weighted by molar-refractivity contribution is 7.07. The van der Waals surface area contributed by atoms with Crippen LogP contribution in [-0.4, -0.2) is 112 Å². The number of nitrogens with one attached hydrogen (secondary N) is 4. The molecule has 8 N–H and O–H groups in total. The first-order chi connectivity index (χ1) is 66.1. The molecule has 0 aliphatic heterocycles. The van der Waals surface area contributed by atoms with E-state index in [9.17, 15) is 92.3 Å². The Morgan fingerprint density at radius 2 is 0.777 bits per heavy atom. The highest BCUT2D eigenvalue weighted by atomic mass is 32.1. The first kappa shape index (κ1) is 100. The van der Waals surface area contributed by atoms with E-state index in [-0.39, 0.29) is 97.3 Å². The number of aromatic hydroxyl groups is 4. The summed E-state index contributed by atoms with van der Waals surface area (Å²) in [7, 11) is 5.40. The second kappa shape index (κ2) is 43.2. The fraction of sp³-hybridized carbons (Fsp3) is 0.200. The van der Waals surface area contributed by atoms with Crippen molar-refractivity contribution in [3.05, 3.63) is 311 Å². The third-order valence-corrected chi connectivity index (χ3v) is 22.7. The van der Waals surface area contributed by atoms with E-state index in [4.69, 9.17) is 32.2 Å². The quantitative estimate of drug-likeness (QED) is 0.0222. The molecule has 4 aromatic heterocycles. The molecule has 0 fully saturated rings.